The highest BCUT2D eigenvalue weighted by Gasteiger charge is 2.35. The molecule has 26 heavy (non-hydrogen) atoms. The maximum atomic E-state index is 11.9. The predicted molar refractivity (Wildman–Crippen MR) is 109 cm³/mol. The number of carbonyl (C=O) groups excluding carboxylic acids is 1. The zero-order chi connectivity index (χ0) is 19.2. The summed E-state index contributed by atoms with van der Waals surface area (Å²) in [4.78, 5) is 11.9. The molecule has 1 aliphatic heterocycles. The lowest BCUT2D eigenvalue weighted by Crippen LogP contribution is -2.41. The molecule has 1 saturated heterocycles. The van der Waals surface area contributed by atoms with Crippen molar-refractivity contribution in [2.75, 3.05) is 19.8 Å². The minimum absolute atomic E-state index is 0.102. The Hall–Kier alpha value is -0.780. The molecule has 2 rings (SSSR count). The van der Waals surface area contributed by atoms with Crippen LogP contribution < -0.4 is 5.32 Å². The Bertz CT molecular complexity index is 522. The van der Waals surface area contributed by atoms with Gasteiger partial charge in [0.25, 0.3) is 0 Å². The topological polar surface area (TPSA) is 47.6 Å². The summed E-state index contributed by atoms with van der Waals surface area (Å²) in [5.74, 6) is 0.436. The van der Waals surface area contributed by atoms with Gasteiger partial charge < -0.3 is 14.8 Å². The first kappa shape index (κ1) is 21.5. The van der Waals surface area contributed by atoms with Crippen molar-refractivity contribution in [3.8, 4) is 0 Å². The molecule has 0 aromatic heterocycles. The van der Waals surface area contributed by atoms with Crippen LogP contribution in [0.2, 0.25) is 0 Å². The van der Waals surface area contributed by atoms with Gasteiger partial charge in [0.05, 0.1) is 13.2 Å². The third kappa shape index (κ3) is 6.43. The van der Waals surface area contributed by atoms with Gasteiger partial charge in [-0.15, -0.1) is 0 Å². The van der Waals surface area contributed by atoms with Crippen LogP contribution in [0.15, 0.2) is 23.8 Å². The van der Waals surface area contributed by atoms with Gasteiger partial charge in [-0.1, -0.05) is 45.9 Å². The lowest BCUT2D eigenvalue weighted by atomic mass is 9.83. The summed E-state index contributed by atoms with van der Waals surface area (Å²) in [6.07, 6.45) is 10.6. The van der Waals surface area contributed by atoms with E-state index in [0.717, 1.165) is 44.5 Å². The number of carbonyl (C=O) groups is 1. The largest absolute Gasteiger partial charge is 0.356 e. The van der Waals surface area contributed by atoms with E-state index in [-0.39, 0.29) is 22.4 Å². The van der Waals surface area contributed by atoms with Gasteiger partial charge in [-0.3, -0.25) is 4.79 Å². The third-order valence-corrected chi connectivity index (χ3v) is 5.82. The summed E-state index contributed by atoms with van der Waals surface area (Å²) in [6, 6.07) is 0. The molecular formula is C21H35NO3S. The van der Waals surface area contributed by atoms with E-state index in [1.54, 1.807) is 0 Å². The number of allylic oxidation sites excluding steroid dienone is 1. The molecule has 0 spiro atoms. The molecule has 4 nitrogen and oxygen atoms in total. The summed E-state index contributed by atoms with van der Waals surface area (Å²) in [5.41, 5.74) is 1.27. The smallest absolute Gasteiger partial charge is 0.220 e. The number of hydrogen-bond donors (Lipinski definition) is 2. The number of nitrogens with one attached hydrogen (secondary N) is 1. The fourth-order valence-electron chi connectivity index (χ4n) is 3.21. The molecule has 1 amide bonds. The van der Waals surface area contributed by atoms with Crippen molar-refractivity contribution in [3.63, 3.8) is 0 Å². The Balaban J connectivity index is 1.72. The second kappa shape index (κ2) is 9.43. The molecule has 0 aromatic carbocycles. The van der Waals surface area contributed by atoms with E-state index < -0.39 is 0 Å². The van der Waals surface area contributed by atoms with E-state index >= 15 is 0 Å². The molecule has 2 aliphatic rings. The number of hydrogen-bond acceptors (Lipinski definition) is 4. The van der Waals surface area contributed by atoms with Crippen LogP contribution in [-0.4, -0.2) is 36.7 Å². The van der Waals surface area contributed by atoms with Crippen molar-refractivity contribution < 1.29 is 14.3 Å². The van der Waals surface area contributed by atoms with Crippen molar-refractivity contribution in [2.24, 2.45) is 11.3 Å². The van der Waals surface area contributed by atoms with Crippen LogP contribution in [0.25, 0.3) is 0 Å². The van der Waals surface area contributed by atoms with Crippen LogP contribution in [0.5, 0.6) is 0 Å². The SMILES string of the molecule is CCC1(CC)COC(C2=CCC(CNC(=O)CCC(C)(C)S)C=C2)OC1. The van der Waals surface area contributed by atoms with Gasteiger partial charge in [0.1, 0.15) is 0 Å². The van der Waals surface area contributed by atoms with Gasteiger partial charge in [-0.2, -0.15) is 12.6 Å². The van der Waals surface area contributed by atoms with E-state index in [1.165, 1.54) is 0 Å². The standard InChI is InChI=1S/C21H35NO3S/c1-5-21(6-2)14-24-19(25-15-21)17-9-7-16(8-10-17)13-22-18(23)11-12-20(3,4)26/h7,9-10,16,19,26H,5-6,8,11-15H2,1-4H3,(H,22,23). The zero-order valence-electron chi connectivity index (χ0n) is 16.7. The summed E-state index contributed by atoms with van der Waals surface area (Å²) in [6.45, 7) is 10.7. The van der Waals surface area contributed by atoms with Crippen LogP contribution in [0.3, 0.4) is 0 Å². The predicted octanol–water partition coefficient (Wildman–Crippen LogP) is 4.27. The quantitative estimate of drug-likeness (QED) is 0.617. The first-order valence-electron chi connectivity index (χ1n) is 9.87. The molecule has 1 fully saturated rings. The van der Waals surface area contributed by atoms with E-state index in [0.29, 0.717) is 18.9 Å². The van der Waals surface area contributed by atoms with E-state index in [9.17, 15) is 4.79 Å². The second-order valence-electron chi connectivity index (χ2n) is 8.34. The number of thiol groups is 1. The summed E-state index contributed by atoms with van der Waals surface area (Å²) < 4.78 is 11.9. The van der Waals surface area contributed by atoms with Crippen LogP contribution in [0, 0.1) is 11.3 Å². The fraction of sp³-hybridized carbons (Fsp3) is 0.762. The molecule has 5 heteroatoms. The van der Waals surface area contributed by atoms with Crippen molar-refractivity contribution >= 4 is 18.5 Å². The molecule has 1 N–H and O–H groups in total. The Morgan fingerprint density at radius 2 is 1.96 bits per heavy atom. The van der Waals surface area contributed by atoms with Crippen LogP contribution in [0.4, 0.5) is 0 Å². The zero-order valence-corrected chi connectivity index (χ0v) is 17.6. The Labute approximate surface area is 164 Å². The monoisotopic (exact) mass is 381 g/mol. The molecule has 0 saturated carbocycles. The molecule has 0 radical (unpaired) electrons. The summed E-state index contributed by atoms with van der Waals surface area (Å²) in [7, 11) is 0. The van der Waals surface area contributed by atoms with Crippen molar-refractivity contribution in [1.29, 1.82) is 0 Å². The van der Waals surface area contributed by atoms with Crippen LogP contribution in [0.1, 0.15) is 59.8 Å². The number of rotatable bonds is 8. The van der Waals surface area contributed by atoms with E-state index in [2.05, 4.69) is 50.0 Å². The maximum Gasteiger partial charge on any atom is 0.220 e. The molecule has 1 aliphatic carbocycles. The van der Waals surface area contributed by atoms with Crippen molar-refractivity contribution in [1.82, 2.24) is 5.32 Å². The van der Waals surface area contributed by atoms with Gasteiger partial charge in [-0.25, -0.2) is 0 Å². The highest BCUT2D eigenvalue weighted by molar-refractivity contribution is 7.81. The number of amides is 1. The highest BCUT2D eigenvalue weighted by Crippen LogP contribution is 2.34. The average molecular weight is 382 g/mol. The maximum absolute atomic E-state index is 11.9. The minimum atomic E-state index is -0.245. The lowest BCUT2D eigenvalue weighted by molar-refractivity contribution is -0.212. The van der Waals surface area contributed by atoms with E-state index in [1.807, 2.05) is 13.8 Å². The molecule has 1 heterocycles. The third-order valence-electron chi connectivity index (χ3n) is 5.60. The average Bonchev–Trinajstić information content (AvgIpc) is 2.64. The Morgan fingerprint density at radius 1 is 1.31 bits per heavy atom. The second-order valence-corrected chi connectivity index (χ2v) is 9.55. The van der Waals surface area contributed by atoms with Crippen LogP contribution >= 0.6 is 12.6 Å². The number of ether oxygens (including phenoxy) is 2. The van der Waals surface area contributed by atoms with Crippen molar-refractivity contribution in [2.45, 2.75) is 70.8 Å². The van der Waals surface area contributed by atoms with E-state index in [4.69, 9.17) is 9.47 Å². The Kier molecular flexibility index (Phi) is 7.80. The lowest BCUT2D eigenvalue weighted by Gasteiger charge is -2.39. The molecule has 148 valence electrons. The van der Waals surface area contributed by atoms with Crippen molar-refractivity contribution in [3.05, 3.63) is 23.8 Å². The summed E-state index contributed by atoms with van der Waals surface area (Å²) >= 11 is 4.46. The summed E-state index contributed by atoms with van der Waals surface area (Å²) in [5, 5.41) is 3.03. The fourth-order valence-corrected chi connectivity index (χ4v) is 3.32. The van der Waals surface area contributed by atoms with Crippen LogP contribution in [-0.2, 0) is 14.3 Å². The van der Waals surface area contributed by atoms with Gasteiger partial charge in [0.2, 0.25) is 5.91 Å². The normalized spacial score (nSPS) is 23.6. The molecule has 1 atom stereocenters. The van der Waals surface area contributed by atoms with Gasteiger partial charge in [-0.05, 0) is 31.6 Å². The molecular weight excluding hydrogens is 346 g/mol. The van der Waals surface area contributed by atoms with Gasteiger partial charge in [0.15, 0.2) is 6.29 Å². The first-order chi connectivity index (χ1) is 12.3. The highest BCUT2D eigenvalue weighted by atomic mass is 32.1. The molecule has 1 unspecified atom stereocenters. The first-order valence-corrected chi connectivity index (χ1v) is 10.3. The molecule has 0 bridgehead atoms. The van der Waals surface area contributed by atoms with Gasteiger partial charge >= 0.3 is 0 Å². The molecule has 0 aromatic rings. The Morgan fingerprint density at radius 3 is 2.46 bits per heavy atom. The minimum Gasteiger partial charge on any atom is -0.356 e. The van der Waals surface area contributed by atoms with Gasteiger partial charge in [0, 0.05) is 28.7 Å².